The second-order valence-electron chi connectivity index (χ2n) is 4.27. The van der Waals surface area contributed by atoms with Crippen LogP contribution in [0.4, 0.5) is 14.5 Å². The topological polar surface area (TPSA) is 39.1 Å². The molecule has 108 valence electrons. The Bertz CT molecular complexity index is 589. The second kappa shape index (κ2) is 6.09. The van der Waals surface area contributed by atoms with E-state index >= 15 is 0 Å². The molecule has 1 N–H and O–H groups in total. The van der Waals surface area contributed by atoms with Crippen LogP contribution in [0.1, 0.15) is 18.7 Å². The third kappa shape index (κ3) is 3.39. The second-order valence-corrected chi connectivity index (χ2v) is 4.68. The van der Waals surface area contributed by atoms with E-state index in [1.165, 1.54) is 6.07 Å². The largest absolute Gasteiger partial charge is 0.433 e. The van der Waals surface area contributed by atoms with Gasteiger partial charge in [0.1, 0.15) is 5.75 Å². The molecule has 0 aliphatic heterocycles. The molecule has 1 heterocycles. The fourth-order valence-electron chi connectivity index (χ4n) is 1.91. The Labute approximate surface area is 120 Å². The van der Waals surface area contributed by atoms with Crippen LogP contribution in [0.3, 0.4) is 0 Å². The van der Waals surface area contributed by atoms with Gasteiger partial charge in [-0.25, -0.2) is 0 Å². The van der Waals surface area contributed by atoms with Crippen molar-refractivity contribution in [3.05, 3.63) is 41.2 Å². The number of alkyl halides is 2. The van der Waals surface area contributed by atoms with Crippen molar-refractivity contribution in [2.24, 2.45) is 7.05 Å². The highest BCUT2D eigenvalue weighted by Gasteiger charge is 2.12. The summed E-state index contributed by atoms with van der Waals surface area (Å²) in [6.07, 6.45) is 1.71. The molecule has 0 aliphatic rings. The Balaban J connectivity index is 2.11. The molecule has 0 aliphatic carbocycles. The van der Waals surface area contributed by atoms with Crippen molar-refractivity contribution in [2.45, 2.75) is 19.6 Å². The van der Waals surface area contributed by atoms with Gasteiger partial charge >= 0.3 is 6.61 Å². The lowest BCUT2D eigenvalue weighted by atomic mass is 10.2. The maximum Gasteiger partial charge on any atom is 0.387 e. The number of halogens is 3. The van der Waals surface area contributed by atoms with Crippen LogP contribution >= 0.6 is 11.6 Å². The van der Waals surface area contributed by atoms with E-state index in [4.69, 9.17) is 11.6 Å². The maximum atomic E-state index is 12.1. The molecule has 7 heteroatoms. The molecule has 0 radical (unpaired) electrons. The van der Waals surface area contributed by atoms with E-state index in [-0.39, 0.29) is 16.8 Å². The van der Waals surface area contributed by atoms with Crippen LogP contribution in [-0.4, -0.2) is 16.4 Å². The lowest BCUT2D eigenvalue weighted by Gasteiger charge is -2.16. The lowest BCUT2D eigenvalue weighted by molar-refractivity contribution is -0.0497. The monoisotopic (exact) mass is 301 g/mol. The highest BCUT2D eigenvalue weighted by atomic mass is 35.5. The standard InChI is InChI=1S/C13H14ClF2N3O/c1-8(11-5-6-17-19(11)2)18-9-3-4-12(10(14)7-9)20-13(15)16/h3-8,13,18H,1-2H3. The zero-order valence-corrected chi connectivity index (χ0v) is 11.7. The molecule has 0 amide bonds. The molecule has 1 unspecified atom stereocenters. The van der Waals surface area contributed by atoms with Crippen LogP contribution in [0, 0.1) is 0 Å². The van der Waals surface area contributed by atoms with E-state index < -0.39 is 6.61 Å². The van der Waals surface area contributed by atoms with Crippen molar-refractivity contribution in [2.75, 3.05) is 5.32 Å². The van der Waals surface area contributed by atoms with E-state index in [0.29, 0.717) is 5.69 Å². The first-order chi connectivity index (χ1) is 9.47. The zero-order chi connectivity index (χ0) is 14.7. The molecule has 0 bridgehead atoms. The molecule has 0 fully saturated rings. The molecule has 2 rings (SSSR count). The quantitative estimate of drug-likeness (QED) is 0.912. The number of aryl methyl sites for hydroxylation is 1. The van der Waals surface area contributed by atoms with Gasteiger partial charge in [-0.15, -0.1) is 0 Å². The van der Waals surface area contributed by atoms with Gasteiger partial charge in [-0.2, -0.15) is 13.9 Å². The van der Waals surface area contributed by atoms with Crippen LogP contribution in [0.15, 0.2) is 30.5 Å². The molecule has 1 atom stereocenters. The van der Waals surface area contributed by atoms with Crippen LogP contribution < -0.4 is 10.1 Å². The third-order valence-corrected chi connectivity index (χ3v) is 3.13. The molecule has 0 spiro atoms. The Kier molecular flexibility index (Phi) is 4.44. The van der Waals surface area contributed by atoms with Crippen molar-refractivity contribution in [3.63, 3.8) is 0 Å². The molecule has 2 aromatic rings. The molecule has 20 heavy (non-hydrogen) atoms. The van der Waals surface area contributed by atoms with E-state index in [0.717, 1.165) is 5.69 Å². The number of nitrogens with one attached hydrogen (secondary N) is 1. The highest BCUT2D eigenvalue weighted by Crippen LogP contribution is 2.30. The summed E-state index contributed by atoms with van der Waals surface area (Å²) in [7, 11) is 1.85. The molecular weight excluding hydrogens is 288 g/mol. The zero-order valence-electron chi connectivity index (χ0n) is 11.0. The van der Waals surface area contributed by atoms with Crippen LogP contribution in [0.25, 0.3) is 0 Å². The first-order valence-electron chi connectivity index (χ1n) is 5.96. The summed E-state index contributed by atoms with van der Waals surface area (Å²) in [5.74, 6) is -0.0413. The van der Waals surface area contributed by atoms with Gasteiger partial charge in [0.25, 0.3) is 0 Å². The fourth-order valence-corrected chi connectivity index (χ4v) is 2.14. The SMILES string of the molecule is CC(Nc1ccc(OC(F)F)c(Cl)c1)c1ccnn1C. The first-order valence-corrected chi connectivity index (χ1v) is 6.34. The summed E-state index contributed by atoms with van der Waals surface area (Å²) in [6.45, 7) is -0.922. The summed E-state index contributed by atoms with van der Waals surface area (Å²) < 4.78 is 30.3. The number of rotatable bonds is 5. The molecule has 0 saturated carbocycles. The van der Waals surface area contributed by atoms with Crippen LogP contribution in [-0.2, 0) is 7.05 Å². The summed E-state index contributed by atoms with van der Waals surface area (Å²) >= 11 is 5.90. The number of ether oxygens (including phenoxy) is 1. The first kappa shape index (κ1) is 14.6. The summed E-state index contributed by atoms with van der Waals surface area (Å²) in [6, 6.07) is 6.49. The Morgan fingerprint density at radius 1 is 1.35 bits per heavy atom. The molecule has 1 aromatic heterocycles. The lowest BCUT2D eigenvalue weighted by Crippen LogP contribution is -2.11. The predicted octanol–water partition coefficient (Wildman–Crippen LogP) is 3.85. The summed E-state index contributed by atoms with van der Waals surface area (Å²) in [4.78, 5) is 0. The van der Waals surface area contributed by atoms with Crippen molar-refractivity contribution < 1.29 is 13.5 Å². The summed E-state index contributed by atoms with van der Waals surface area (Å²) in [5, 5.41) is 7.44. The number of benzene rings is 1. The van der Waals surface area contributed by atoms with Gasteiger partial charge in [-0.3, -0.25) is 4.68 Å². The van der Waals surface area contributed by atoms with Gasteiger partial charge < -0.3 is 10.1 Å². The molecular formula is C13H14ClF2N3O. The van der Waals surface area contributed by atoms with Crippen LogP contribution in [0.5, 0.6) is 5.75 Å². The van der Waals surface area contributed by atoms with Gasteiger partial charge in [0.15, 0.2) is 0 Å². The van der Waals surface area contributed by atoms with Crippen LogP contribution in [0.2, 0.25) is 5.02 Å². The molecule has 0 saturated heterocycles. The van der Waals surface area contributed by atoms with Crippen molar-refractivity contribution in [1.82, 2.24) is 9.78 Å². The average molecular weight is 302 g/mol. The Morgan fingerprint density at radius 2 is 2.10 bits per heavy atom. The van der Waals surface area contributed by atoms with E-state index in [2.05, 4.69) is 15.2 Å². The van der Waals surface area contributed by atoms with E-state index in [9.17, 15) is 8.78 Å². The maximum absolute atomic E-state index is 12.1. The van der Waals surface area contributed by atoms with Crippen molar-refractivity contribution in [3.8, 4) is 5.75 Å². The number of hydrogen-bond acceptors (Lipinski definition) is 3. The number of nitrogens with zero attached hydrogens (tertiary/aromatic N) is 2. The summed E-state index contributed by atoms with van der Waals surface area (Å²) in [5.41, 5.74) is 1.71. The Hall–Kier alpha value is -1.82. The highest BCUT2D eigenvalue weighted by molar-refractivity contribution is 6.32. The van der Waals surface area contributed by atoms with Crippen molar-refractivity contribution in [1.29, 1.82) is 0 Å². The number of aromatic nitrogens is 2. The third-order valence-electron chi connectivity index (χ3n) is 2.83. The average Bonchev–Trinajstić information content (AvgIpc) is 2.78. The minimum absolute atomic E-state index is 0.000402. The Morgan fingerprint density at radius 3 is 2.65 bits per heavy atom. The van der Waals surface area contributed by atoms with Gasteiger partial charge in [-0.05, 0) is 31.2 Å². The number of anilines is 1. The van der Waals surface area contributed by atoms with Gasteiger partial charge in [0, 0.05) is 18.9 Å². The van der Waals surface area contributed by atoms with Gasteiger partial charge in [0.05, 0.1) is 16.8 Å². The van der Waals surface area contributed by atoms with E-state index in [1.54, 1.807) is 23.0 Å². The molecule has 1 aromatic carbocycles. The van der Waals surface area contributed by atoms with Crippen molar-refractivity contribution >= 4 is 17.3 Å². The number of hydrogen-bond donors (Lipinski definition) is 1. The van der Waals surface area contributed by atoms with Gasteiger partial charge in [0.2, 0.25) is 0 Å². The normalized spacial score (nSPS) is 12.5. The minimum atomic E-state index is -2.89. The molecule has 4 nitrogen and oxygen atoms in total. The van der Waals surface area contributed by atoms with Gasteiger partial charge in [-0.1, -0.05) is 11.6 Å². The smallest absolute Gasteiger partial charge is 0.387 e. The van der Waals surface area contributed by atoms with E-state index in [1.807, 2.05) is 20.0 Å². The predicted molar refractivity (Wildman–Crippen MR) is 73.3 cm³/mol. The minimum Gasteiger partial charge on any atom is -0.433 e. The fraction of sp³-hybridized carbons (Fsp3) is 0.308.